The summed E-state index contributed by atoms with van der Waals surface area (Å²) in [6.07, 6.45) is 8.04. The average Bonchev–Trinajstić information content (AvgIpc) is 2.45. The topological polar surface area (TPSA) is 44.4 Å². The lowest BCUT2D eigenvalue weighted by Crippen LogP contribution is -2.38. The molecule has 1 rings (SSSR count). The maximum Gasteiger partial charge on any atom is 0.233 e. The van der Waals surface area contributed by atoms with E-state index in [1.54, 1.807) is 0 Å². The van der Waals surface area contributed by atoms with Crippen molar-refractivity contribution in [2.24, 2.45) is 5.92 Å². The van der Waals surface area contributed by atoms with E-state index in [-0.39, 0.29) is 5.91 Å². The van der Waals surface area contributed by atoms with Gasteiger partial charge in [0.1, 0.15) is 0 Å². The van der Waals surface area contributed by atoms with Crippen molar-refractivity contribution in [3.63, 3.8) is 0 Å². The Morgan fingerprint density at radius 3 is 2.60 bits per heavy atom. The fourth-order valence-corrected chi connectivity index (χ4v) is 2.74. The van der Waals surface area contributed by atoms with Crippen molar-refractivity contribution in [1.29, 1.82) is 0 Å². The molecule has 0 spiro atoms. The van der Waals surface area contributed by atoms with Gasteiger partial charge in [-0.3, -0.25) is 4.79 Å². The monoisotopic (exact) mass is 283 g/mol. The molecule has 1 aliphatic carbocycles. The van der Waals surface area contributed by atoms with E-state index in [0.717, 1.165) is 32.1 Å². The first-order valence-corrected chi connectivity index (χ1v) is 8.27. The van der Waals surface area contributed by atoms with E-state index in [4.69, 9.17) is 0 Å². The number of carbonyl (C=O) groups excluding carboxylic acids is 1. The molecule has 2 N–H and O–H groups in total. The van der Waals surface area contributed by atoms with E-state index in [9.17, 15) is 4.79 Å². The second kappa shape index (κ2) is 10.2. The molecular weight excluding hydrogens is 250 g/mol. The van der Waals surface area contributed by atoms with Gasteiger partial charge in [-0.1, -0.05) is 33.1 Å². The minimum absolute atomic E-state index is 0.110. The summed E-state index contributed by atoms with van der Waals surface area (Å²) in [6.45, 7) is 7.48. The van der Waals surface area contributed by atoms with Crippen LogP contribution in [0.25, 0.3) is 0 Å². The summed E-state index contributed by atoms with van der Waals surface area (Å²) in [6, 6.07) is 0.790. The maximum atomic E-state index is 11.5. The van der Waals surface area contributed by atoms with Gasteiger partial charge in [0.25, 0.3) is 0 Å². The molecule has 4 heteroatoms. The molecule has 0 saturated heterocycles. The highest BCUT2D eigenvalue weighted by molar-refractivity contribution is 5.77. The summed E-state index contributed by atoms with van der Waals surface area (Å²) in [5, 5.41) is 6.15. The van der Waals surface area contributed by atoms with Gasteiger partial charge in [-0.05, 0) is 45.3 Å². The Morgan fingerprint density at radius 1 is 1.25 bits per heavy atom. The Morgan fingerprint density at radius 2 is 1.95 bits per heavy atom. The van der Waals surface area contributed by atoms with Gasteiger partial charge in [0, 0.05) is 12.6 Å². The highest BCUT2D eigenvalue weighted by atomic mass is 16.1. The van der Waals surface area contributed by atoms with Gasteiger partial charge in [-0.2, -0.15) is 0 Å². The smallest absolute Gasteiger partial charge is 0.233 e. The zero-order valence-electron chi connectivity index (χ0n) is 13.6. The number of nitrogens with one attached hydrogen (secondary N) is 2. The van der Waals surface area contributed by atoms with Crippen molar-refractivity contribution >= 4 is 5.91 Å². The van der Waals surface area contributed by atoms with Gasteiger partial charge < -0.3 is 15.5 Å². The Labute approximate surface area is 124 Å². The molecule has 0 radical (unpaired) electrons. The molecular formula is C16H33N3O. The Bertz CT molecular complexity index is 262. The third-order valence-electron chi connectivity index (χ3n) is 4.06. The van der Waals surface area contributed by atoms with E-state index in [0.29, 0.717) is 12.5 Å². The van der Waals surface area contributed by atoms with Crippen LogP contribution < -0.4 is 10.6 Å². The number of hydrogen-bond donors (Lipinski definition) is 2. The predicted octanol–water partition coefficient (Wildman–Crippen LogP) is 2.00. The van der Waals surface area contributed by atoms with Crippen LogP contribution in [0.4, 0.5) is 0 Å². The first-order valence-electron chi connectivity index (χ1n) is 8.27. The third kappa shape index (κ3) is 7.85. The van der Waals surface area contributed by atoms with Crippen LogP contribution in [0.1, 0.15) is 52.4 Å². The standard InChI is InChI=1S/C16H33N3O/c1-14(2)12-18-16(20)13-17-10-7-11-19(3)15-8-5-4-6-9-15/h14-15,17H,4-13H2,1-3H3,(H,18,20). The average molecular weight is 283 g/mol. The molecule has 1 fully saturated rings. The van der Waals surface area contributed by atoms with E-state index in [2.05, 4.69) is 36.4 Å². The summed E-state index contributed by atoms with van der Waals surface area (Å²) < 4.78 is 0. The second-order valence-corrected chi connectivity index (χ2v) is 6.50. The normalized spacial score (nSPS) is 16.9. The first-order chi connectivity index (χ1) is 9.59. The lowest BCUT2D eigenvalue weighted by Gasteiger charge is -2.31. The molecule has 0 bridgehead atoms. The predicted molar refractivity (Wildman–Crippen MR) is 84.8 cm³/mol. The lowest BCUT2D eigenvalue weighted by molar-refractivity contribution is -0.120. The van der Waals surface area contributed by atoms with E-state index in [1.807, 2.05) is 0 Å². The summed E-state index contributed by atoms with van der Waals surface area (Å²) >= 11 is 0. The Hall–Kier alpha value is -0.610. The van der Waals surface area contributed by atoms with Crippen LogP contribution >= 0.6 is 0 Å². The van der Waals surface area contributed by atoms with Gasteiger partial charge in [-0.25, -0.2) is 0 Å². The number of rotatable bonds is 9. The molecule has 0 aromatic rings. The summed E-state index contributed by atoms with van der Waals surface area (Å²) in [5.74, 6) is 0.627. The van der Waals surface area contributed by atoms with Gasteiger partial charge in [0.05, 0.1) is 6.54 Å². The van der Waals surface area contributed by atoms with Crippen molar-refractivity contribution in [3.8, 4) is 0 Å². The minimum Gasteiger partial charge on any atom is -0.355 e. The molecule has 0 aromatic heterocycles. The number of nitrogens with zero attached hydrogens (tertiary/aromatic N) is 1. The Balaban J connectivity index is 1.97. The van der Waals surface area contributed by atoms with Crippen LogP contribution in [0.3, 0.4) is 0 Å². The highest BCUT2D eigenvalue weighted by Crippen LogP contribution is 2.21. The van der Waals surface area contributed by atoms with Gasteiger partial charge in [0.15, 0.2) is 0 Å². The van der Waals surface area contributed by atoms with Crippen LogP contribution in [0.2, 0.25) is 0 Å². The first kappa shape index (κ1) is 17.4. The van der Waals surface area contributed by atoms with E-state index in [1.165, 1.54) is 32.1 Å². The number of hydrogen-bond acceptors (Lipinski definition) is 3. The van der Waals surface area contributed by atoms with Crippen molar-refractivity contribution in [3.05, 3.63) is 0 Å². The molecule has 0 heterocycles. The molecule has 0 atom stereocenters. The van der Waals surface area contributed by atoms with Gasteiger partial charge in [-0.15, -0.1) is 0 Å². The van der Waals surface area contributed by atoms with Crippen molar-refractivity contribution in [2.45, 2.75) is 58.4 Å². The zero-order valence-corrected chi connectivity index (χ0v) is 13.6. The van der Waals surface area contributed by atoms with E-state index < -0.39 is 0 Å². The summed E-state index contributed by atoms with van der Waals surface area (Å²) in [7, 11) is 2.24. The SMILES string of the molecule is CC(C)CNC(=O)CNCCCN(C)C1CCCCC1. The fourth-order valence-electron chi connectivity index (χ4n) is 2.74. The van der Waals surface area contributed by atoms with Crippen molar-refractivity contribution < 1.29 is 4.79 Å². The number of carbonyl (C=O) groups is 1. The molecule has 0 aromatic carbocycles. The summed E-state index contributed by atoms with van der Waals surface area (Å²) in [5.41, 5.74) is 0. The van der Waals surface area contributed by atoms with Crippen LogP contribution in [0.15, 0.2) is 0 Å². The molecule has 20 heavy (non-hydrogen) atoms. The van der Waals surface area contributed by atoms with Crippen molar-refractivity contribution in [2.75, 3.05) is 33.2 Å². The number of amides is 1. The molecule has 0 unspecified atom stereocenters. The second-order valence-electron chi connectivity index (χ2n) is 6.50. The molecule has 1 amide bonds. The molecule has 4 nitrogen and oxygen atoms in total. The molecule has 1 saturated carbocycles. The van der Waals surface area contributed by atoms with Gasteiger partial charge >= 0.3 is 0 Å². The van der Waals surface area contributed by atoms with Crippen LogP contribution in [-0.4, -0.2) is 50.1 Å². The third-order valence-corrected chi connectivity index (χ3v) is 4.06. The quantitative estimate of drug-likeness (QED) is 0.636. The van der Waals surface area contributed by atoms with E-state index >= 15 is 0 Å². The van der Waals surface area contributed by atoms with Crippen LogP contribution in [0.5, 0.6) is 0 Å². The van der Waals surface area contributed by atoms with Crippen molar-refractivity contribution in [1.82, 2.24) is 15.5 Å². The van der Waals surface area contributed by atoms with Crippen LogP contribution in [0, 0.1) is 5.92 Å². The fraction of sp³-hybridized carbons (Fsp3) is 0.938. The minimum atomic E-state index is 0.110. The molecule has 118 valence electrons. The summed E-state index contributed by atoms with van der Waals surface area (Å²) in [4.78, 5) is 14.0. The molecule has 0 aliphatic heterocycles. The Kier molecular flexibility index (Phi) is 8.86. The van der Waals surface area contributed by atoms with Gasteiger partial charge in [0.2, 0.25) is 5.91 Å². The highest BCUT2D eigenvalue weighted by Gasteiger charge is 2.17. The lowest BCUT2D eigenvalue weighted by atomic mass is 9.94. The maximum absolute atomic E-state index is 11.5. The van der Waals surface area contributed by atoms with Crippen LogP contribution in [-0.2, 0) is 4.79 Å². The molecule has 1 aliphatic rings. The zero-order chi connectivity index (χ0) is 14.8. The largest absolute Gasteiger partial charge is 0.355 e.